The Labute approximate surface area is 188 Å². The molecular formula is C21H24IN5O3. The fraction of sp³-hybridized carbons (Fsp3) is 0.381. The van der Waals surface area contributed by atoms with Crippen LogP contribution in [0.2, 0.25) is 0 Å². The first-order valence-corrected chi connectivity index (χ1v) is 10.8. The van der Waals surface area contributed by atoms with Crippen LogP contribution in [0, 0.1) is 9.49 Å². The number of benzene rings is 1. The molecule has 1 saturated heterocycles. The van der Waals surface area contributed by atoms with Crippen molar-refractivity contribution in [1.82, 2.24) is 19.8 Å². The molecule has 1 aromatic carbocycles. The van der Waals surface area contributed by atoms with Gasteiger partial charge in [0.05, 0.1) is 33.8 Å². The molecule has 0 spiro atoms. The Hall–Kier alpha value is -2.40. The number of carbonyl (C=O) groups excluding carboxylic acids is 2. The van der Waals surface area contributed by atoms with E-state index in [0.29, 0.717) is 24.5 Å². The summed E-state index contributed by atoms with van der Waals surface area (Å²) in [6.45, 7) is 1.83. The molecule has 8 nitrogen and oxygen atoms in total. The van der Waals surface area contributed by atoms with Crippen molar-refractivity contribution in [2.75, 3.05) is 46.2 Å². The molecule has 4 rings (SSSR count). The molecule has 1 atom stereocenters. The van der Waals surface area contributed by atoms with Crippen LogP contribution in [0.25, 0.3) is 21.8 Å². The van der Waals surface area contributed by atoms with Crippen molar-refractivity contribution in [2.45, 2.75) is 6.42 Å². The number of methoxy groups -OCH3 is 1. The quantitative estimate of drug-likeness (QED) is 0.487. The topological polar surface area (TPSA) is 90.6 Å². The largest absolute Gasteiger partial charge is 0.493 e. The lowest BCUT2D eigenvalue weighted by Crippen LogP contribution is -2.34. The minimum absolute atomic E-state index is 0.0217. The van der Waals surface area contributed by atoms with Crippen molar-refractivity contribution >= 4 is 61.9 Å². The smallest absolute Gasteiger partial charge is 0.229 e. The molecule has 1 unspecified atom stereocenters. The lowest BCUT2D eigenvalue weighted by atomic mass is 10.1. The van der Waals surface area contributed by atoms with E-state index in [2.05, 4.69) is 37.9 Å². The third kappa shape index (κ3) is 3.83. The van der Waals surface area contributed by atoms with Crippen LogP contribution in [0.5, 0.6) is 5.75 Å². The molecule has 30 heavy (non-hydrogen) atoms. The lowest BCUT2D eigenvalue weighted by Gasteiger charge is -2.19. The van der Waals surface area contributed by atoms with Gasteiger partial charge >= 0.3 is 0 Å². The average molecular weight is 521 g/mol. The Morgan fingerprint density at radius 3 is 2.97 bits per heavy atom. The highest BCUT2D eigenvalue weighted by molar-refractivity contribution is 14.1. The number of aromatic nitrogens is 2. The van der Waals surface area contributed by atoms with Gasteiger partial charge in [0, 0.05) is 43.0 Å². The standard InChI is InChI=1S/C21H24IN5O3/c1-26(2)6-7-27-11-12(8-17(27)28)21(29)25-19-18-14(9-15(22)20(19)30-3)13-4-5-23-10-16(13)24-18/h4-5,9-10,12,24H,6-8,11H2,1-3H3,(H,25,29). The number of halogens is 1. The van der Waals surface area contributed by atoms with Gasteiger partial charge in [0.25, 0.3) is 0 Å². The van der Waals surface area contributed by atoms with Gasteiger partial charge in [-0.05, 0) is 48.8 Å². The second-order valence-corrected chi connectivity index (χ2v) is 8.93. The summed E-state index contributed by atoms with van der Waals surface area (Å²) in [5.41, 5.74) is 2.27. The van der Waals surface area contributed by atoms with E-state index in [9.17, 15) is 9.59 Å². The van der Waals surface area contributed by atoms with Crippen LogP contribution < -0.4 is 10.1 Å². The van der Waals surface area contributed by atoms with Crippen LogP contribution in [-0.2, 0) is 9.59 Å². The minimum atomic E-state index is -0.386. The number of pyridine rings is 1. The van der Waals surface area contributed by atoms with Crippen LogP contribution in [0.4, 0.5) is 5.69 Å². The van der Waals surface area contributed by atoms with Gasteiger partial charge < -0.3 is 24.8 Å². The highest BCUT2D eigenvalue weighted by Gasteiger charge is 2.35. The summed E-state index contributed by atoms with van der Waals surface area (Å²) in [7, 11) is 5.52. The first-order valence-electron chi connectivity index (χ1n) is 9.74. The monoisotopic (exact) mass is 521 g/mol. The Morgan fingerprint density at radius 2 is 2.23 bits per heavy atom. The lowest BCUT2D eigenvalue weighted by molar-refractivity contribution is -0.128. The molecule has 2 N–H and O–H groups in total. The normalized spacial score (nSPS) is 16.8. The molecule has 1 fully saturated rings. The van der Waals surface area contributed by atoms with Gasteiger partial charge in [0.1, 0.15) is 5.69 Å². The summed E-state index contributed by atoms with van der Waals surface area (Å²) in [5.74, 6) is 0.0654. The first-order chi connectivity index (χ1) is 14.4. The molecule has 9 heteroatoms. The second kappa shape index (κ2) is 8.38. The van der Waals surface area contributed by atoms with Crippen LogP contribution in [0.15, 0.2) is 24.5 Å². The zero-order valence-electron chi connectivity index (χ0n) is 17.2. The summed E-state index contributed by atoms with van der Waals surface area (Å²) < 4.78 is 6.50. The average Bonchev–Trinajstić information content (AvgIpc) is 3.27. The number of nitrogens with one attached hydrogen (secondary N) is 2. The van der Waals surface area contributed by atoms with E-state index in [1.54, 1.807) is 24.4 Å². The summed E-state index contributed by atoms with van der Waals surface area (Å²) in [6, 6.07) is 3.98. The molecule has 0 saturated carbocycles. The highest BCUT2D eigenvalue weighted by atomic mass is 127. The predicted octanol–water partition coefficient (Wildman–Crippen LogP) is 2.68. The molecular weight excluding hydrogens is 497 g/mol. The molecule has 1 aliphatic rings. The van der Waals surface area contributed by atoms with Gasteiger partial charge in [0.2, 0.25) is 11.8 Å². The van der Waals surface area contributed by atoms with Gasteiger partial charge in [-0.2, -0.15) is 0 Å². The molecule has 1 aliphatic heterocycles. The number of H-pyrrole nitrogens is 1. The zero-order valence-corrected chi connectivity index (χ0v) is 19.3. The maximum atomic E-state index is 13.1. The first kappa shape index (κ1) is 20.9. The van der Waals surface area contributed by atoms with Crippen LogP contribution >= 0.6 is 22.6 Å². The summed E-state index contributed by atoms with van der Waals surface area (Å²) >= 11 is 2.21. The SMILES string of the molecule is COc1c(I)cc2c([nH]c3cnccc32)c1NC(=O)C1CC(=O)N(CCN(C)C)C1. The number of hydrogen-bond acceptors (Lipinski definition) is 5. The fourth-order valence-corrected chi connectivity index (χ4v) is 4.67. The Morgan fingerprint density at radius 1 is 1.43 bits per heavy atom. The van der Waals surface area contributed by atoms with Crippen LogP contribution in [0.3, 0.4) is 0 Å². The van der Waals surface area contributed by atoms with Crippen molar-refractivity contribution in [3.8, 4) is 5.75 Å². The number of likely N-dealkylation sites (N-methyl/N-ethyl adjacent to an activating group) is 1. The Kier molecular flexibility index (Phi) is 5.83. The number of rotatable bonds is 6. The van der Waals surface area contributed by atoms with Crippen molar-refractivity contribution in [1.29, 1.82) is 0 Å². The van der Waals surface area contributed by atoms with Crippen LogP contribution in [0.1, 0.15) is 6.42 Å². The van der Waals surface area contributed by atoms with E-state index >= 15 is 0 Å². The van der Waals surface area contributed by atoms with E-state index in [1.165, 1.54) is 0 Å². The predicted molar refractivity (Wildman–Crippen MR) is 125 cm³/mol. The maximum Gasteiger partial charge on any atom is 0.229 e. The number of aromatic amines is 1. The number of fused-ring (bicyclic) bond motifs is 3. The Bertz CT molecular complexity index is 1130. The van der Waals surface area contributed by atoms with Gasteiger partial charge in [0.15, 0.2) is 5.75 Å². The number of anilines is 1. The number of amides is 2. The molecule has 2 aromatic heterocycles. The molecule has 158 valence electrons. The van der Waals surface area contributed by atoms with E-state index in [1.807, 2.05) is 31.1 Å². The number of hydrogen-bond donors (Lipinski definition) is 2. The number of carbonyl (C=O) groups is 2. The summed E-state index contributed by atoms with van der Waals surface area (Å²) in [4.78, 5) is 36.8. The van der Waals surface area contributed by atoms with E-state index in [-0.39, 0.29) is 24.2 Å². The zero-order chi connectivity index (χ0) is 21.4. The molecule has 0 radical (unpaired) electrons. The third-order valence-corrected chi connectivity index (χ3v) is 6.26. The van der Waals surface area contributed by atoms with Crippen molar-refractivity contribution in [3.63, 3.8) is 0 Å². The van der Waals surface area contributed by atoms with Gasteiger partial charge in [-0.15, -0.1) is 0 Å². The highest BCUT2D eigenvalue weighted by Crippen LogP contribution is 2.40. The van der Waals surface area contributed by atoms with Gasteiger partial charge in [-0.3, -0.25) is 14.6 Å². The van der Waals surface area contributed by atoms with Crippen LogP contribution in [-0.4, -0.2) is 72.4 Å². The molecule has 3 heterocycles. The van der Waals surface area contributed by atoms with E-state index in [0.717, 1.165) is 31.9 Å². The number of likely N-dealkylation sites (tertiary alicyclic amines) is 1. The molecule has 2 amide bonds. The van der Waals surface area contributed by atoms with Crippen molar-refractivity contribution < 1.29 is 14.3 Å². The molecule has 3 aromatic rings. The number of nitrogens with zero attached hydrogens (tertiary/aromatic N) is 3. The number of ether oxygens (including phenoxy) is 1. The molecule has 0 aliphatic carbocycles. The fourth-order valence-electron chi connectivity index (χ4n) is 3.87. The maximum absolute atomic E-state index is 13.1. The summed E-state index contributed by atoms with van der Waals surface area (Å²) in [6.07, 6.45) is 3.74. The van der Waals surface area contributed by atoms with E-state index in [4.69, 9.17) is 4.74 Å². The minimum Gasteiger partial charge on any atom is -0.493 e. The second-order valence-electron chi connectivity index (χ2n) is 7.77. The van der Waals surface area contributed by atoms with E-state index < -0.39 is 0 Å². The van der Waals surface area contributed by atoms with Crippen molar-refractivity contribution in [3.05, 3.63) is 28.1 Å². The van der Waals surface area contributed by atoms with Gasteiger partial charge in [-0.1, -0.05) is 0 Å². The van der Waals surface area contributed by atoms with Crippen molar-refractivity contribution in [2.24, 2.45) is 5.92 Å². The summed E-state index contributed by atoms with van der Waals surface area (Å²) in [5, 5.41) is 5.06. The third-order valence-electron chi connectivity index (χ3n) is 5.46. The molecule has 0 bridgehead atoms. The Balaban J connectivity index is 1.65. The van der Waals surface area contributed by atoms with Gasteiger partial charge in [-0.25, -0.2) is 0 Å².